The molecule has 25 heavy (non-hydrogen) atoms. The van der Waals surface area contributed by atoms with Gasteiger partial charge in [0.1, 0.15) is 6.33 Å². The second-order valence-corrected chi connectivity index (χ2v) is 6.83. The average Bonchev–Trinajstić information content (AvgIpc) is 3.05. The van der Waals surface area contributed by atoms with E-state index in [2.05, 4.69) is 23.0 Å². The summed E-state index contributed by atoms with van der Waals surface area (Å²) in [4.78, 5) is 24.1. The highest BCUT2D eigenvalue weighted by atomic mass is 16.6. The molecule has 0 radical (unpaired) electrons. The Morgan fingerprint density at radius 2 is 1.84 bits per heavy atom. The quantitative estimate of drug-likeness (QED) is 0.631. The monoisotopic (exact) mass is 339 g/mol. The van der Waals surface area contributed by atoms with Gasteiger partial charge in [-0.25, -0.2) is 9.97 Å². The fraction of sp³-hybridized carbons (Fsp3) is 0.444. The molecule has 7 nitrogen and oxygen atoms in total. The summed E-state index contributed by atoms with van der Waals surface area (Å²) in [7, 11) is 0. The molecule has 2 aliphatic rings. The van der Waals surface area contributed by atoms with E-state index in [9.17, 15) is 10.1 Å². The summed E-state index contributed by atoms with van der Waals surface area (Å²) in [5.74, 6) is 1.51. The number of anilines is 3. The molecule has 0 amide bonds. The predicted octanol–water partition coefficient (Wildman–Crippen LogP) is 3.32. The number of nitro groups is 1. The number of benzene rings is 1. The van der Waals surface area contributed by atoms with E-state index >= 15 is 0 Å². The molecule has 1 fully saturated rings. The van der Waals surface area contributed by atoms with Gasteiger partial charge in [-0.05, 0) is 36.8 Å². The maximum atomic E-state index is 11.9. The summed E-state index contributed by atoms with van der Waals surface area (Å²) in [5.41, 5.74) is 2.22. The molecule has 130 valence electrons. The van der Waals surface area contributed by atoms with Gasteiger partial charge in [0.25, 0.3) is 0 Å². The van der Waals surface area contributed by atoms with Gasteiger partial charge in [-0.1, -0.05) is 25.1 Å². The Hall–Kier alpha value is -2.70. The zero-order valence-electron chi connectivity index (χ0n) is 14.3. The second kappa shape index (κ2) is 6.31. The number of piperidine rings is 1. The molecule has 0 saturated carbocycles. The second-order valence-electron chi connectivity index (χ2n) is 6.83. The highest BCUT2D eigenvalue weighted by molar-refractivity contribution is 5.78. The first-order valence-electron chi connectivity index (χ1n) is 8.75. The average molecular weight is 339 g/mol. The van der Waals surface area contributed by atoms with Crippen LogP contribution in [0.1, 0.15) is 25.3 Å². The lowest BCUT2D eigenvalue weighted by Gasteiger charge is -2.31. The molecule has 2 aliphatic heterocycles. The summed E-state index contributed by atoms with van der Waals surface area (Å²) >= 11 is 0. The first kappa shape index (κ1) is 15.8. The van der Waals surface area contributed by atoms with Crippen LogP contribution in [0.2, 0.25) is 0 Å². The molecular weight excluding hydrogens is 318 g/mol. The molecule has 2 aromatic rings. The van der Waals surface area contributed by atoms with Gasteiger partial charge >= 0.3 is 5.69 Å². The van der Waals surface area contributed by atoms with Gasteiger partial charge in [-0.15, -0.1) is 0 Å². The molecule has 7 heteroatoms. The Balaban J connectivity index is 1.77. The van der Waals surface area contributed by atoms with Gasteiger partial charge in [0.05, 0.1) is 4.92 Å². The topological polar surface area (TPSA) is 75.4 Å². The SMILES string of the molecule is CC1CCN(c2ncnc(N3CCc4ccccc43)c2[N+](=O)[O-])CC1. The zero-order chi connectivity index (χ0) is 17.4. The summed E-state index contributed by atoms with van der Waals surface area (Å²) in [6.45, 7) is 4.52. The Bertz CT molecular complexity index is 802. The van der Waals surface area contributed by atoms with Crippen LogP contribution in [0, 0.1) is 16.0 Å². The summed E-state index contributed by atoms with van der Waals surface area (Å²) in [6, 6.07) is 8.01. The van der Waals surface area contributed by atoms with Crippen molar-refractivity contribution < 1.29 is 4.92 Å². The van der Waals surface area contributed by atoms with Gasteiger partial charge in [0, 0.05) is 25.3 Å². The standard InChI is InChI=1S/C18H21N5O2/c1-13-6-9-21(10-7-13)17-16(23(24)25)18(20-12-19-17)22-11-8-14-4-2-3-5-15(14)22/h2-5,12-13H,6-11H2,1H3. The molecule has 1 aromatic carbocycles. The normalized spacial score (nSPS) is 17.6. The van der Waals surface area contributed by atoms with E-state index in [1.807, 2.05) is 28.0 Å². The Morgan fingerprint density at radius 3 is 2.60 bits per heavy atom. The molecule has 0 N–H and O–H groups in total. The zero-order valence-corrected chi connectivity index (χ0v) is 14.3. The fourth-order valence-corrected chi connectivity index (χ4v) is 3.73. The Kier molecular flexibility index (Phi) is 3.99. The third-order valence-corrected chi connectivity index (χ3v) is 5.19. The van der Waals surface area contributed by atoms with Crippen LogP contribution in [0.15, 0.2) is 30.6 Å². The van der Waals surface area contributed by atoms with E-state index in [4.69, 9.17) is 0 Å². The van der Waals surface area contributed by atoms with Gasteiger partial charge < -0.3 is 9.80 Å². The van der Waals surface area contributed by atoms with E-state index in [1.165, 1.54) is 11.9 Å². The number of aromatic nitrogens is 2. The van der Waals surface area contributed by atoms with Crippen LogP contribution in [-0.4, -0.2) is 34.5 Å². The highest BCUT2D eigenvalue weighted by Gasteiger charge is 2.33. The molecule has 3 heterocycles. The molecule has 0 atom stereocenters. The van der Waals surface area contributed by atoms with E-state index in [1.54, 1.807) is 0 Å². The summed E-state index contributed by atoms with van der Waals surface area (Å²) < 4.78 is 0. The molecule has 1 aromatic heterocycles. The van der Waals surface area contributed by atoms with Gasteiger partial charge in [-0.2, -0.15) is 0 Å². The minimum Gasteiger partial charge on any atom is -0.351 e. The number of hydrogen-bond donors (Lipinski definition) is 0. The first-order valence-corrected chi connectivity index (χ1v) is 8.75. The van der Waals surface area contributed by atoms with Crippen LogP contribution >= 0.6 is 0 Å². The van der Waals surface area contributed by atoms with Gasteiger partial charge in [0.2, 0.25) is 11.6 Å². The molecule has 0 unspecified atom stereocenters. The van der Waals surface area contributed by atoms with Crippen molar-refractivity contribution in [3.8, 4) is 0 Å². The lowest BCUT2D eigenvalue weighted by Crippen LogP contribution is -2.34. The third kappa shape index (κ3) is 2.79. The third-order valence-electron chi connectivity index (χ3n) is 5.19. The molecular formula is C18H21N5O2. The highest BCUT2D eigenvalue weighted by Crippen LogP contribution is 2.41. The molecule has 1 saturated heterocycles. The van der Waals surface area contributed by atoms with Crippen molar-refractivity contribution in [2.45, 2.75) is 26.2 Å². The summed E-state index contributed by atoms with van der Waals surface area (Å²) in [5, 5.41) is 11.9. The van der Waals surface area contributed by atoms with Crippen molar-refractivity contribution in [2.24, 2.45) is 5.92 Å². The van der Waals surface area contributed by atoms with E-state index in [0.29, 0.717) is 24.1 Å². The number of para-hydroxylation sites is 1. The molecule has 4 rings (SSSR count). The van der Waals surface area contributed by atoms with Crippen LogP contribution in [0.4, 0.5) is 23.0 Å². The maximum Gasteiger partial charge on any atom is 0.353 e. The number of nitrogens with zero attached hydrogens (tertiary/aromatic N) is 5. The lowest BCUT2D eigenvalue weighted by molar-refractivity contribution is -0.383. The predicted molar refractivity (Wildman–Crippen MR) is 96.4 cm³/mol. The van der Waals surface area contributed by atoms with Crippen molar-refractivity contribution in [3.05, 3.63) is 46.3 Å². The molecule has 0 aliphatic carbocycles. The van der Waals surface area contributed by atoms with Gasteiger partial charge in [0.15, 0.2) is 0 Å². The van der Waals surface area contributed by atoms with Crippen LogP contribution in [-0.2, 0) is 6.42 Å². The van der Waals surface area contributed by atoms with Crippen molar-refractivity contribution in [3.63, 3.8) is 0 Å². The van der Waals surface area contributed by atoms with Crippen LogP contribution in [0.25, 0.3) is 0 Å². The van der Waals surface area contributed by atoms with E-state index < -0.39 is 0 Å². The largest absolute Gasteiger partial charge is 0.353 e. The van der Waals surface area contributed by atoms with Crippen molar-refractivity contribution in [1.82, 2.24) is 9.97 Å². The minimum atomic E-state index is -0.330. The van der Waals surface area contributed by atoms with Crippen LogP contribution in [0.3, 0.4) is 0 Å². The minimum absolute atomic E-state index is 0.0220. The van der Waals surface area contributed by atoms with Crippen molar-refractivity contribution in [2.75, 3.05) is 29.4 Å². The molecule has 0 bridgehead atoms. The molecule has 0 spiro atoms. The van der Waals surface area contributed by atoms with E-state index in [-0.39, 0.29) is 10.6 Å². The fourth-order valence-electron chi connectivity index (χ4n) is 3.73. The number of rotatable bonds is 3. The number of hydrogen-bond acceptors (Lipinski definition) is 6. The number of fused-ring (bicyclic) bond motifs is 1. The first-order chi connectivity index (χ1) is 12.1. The lowest BCUT2D eigenvalue weighted by atomic mass is 9.99. The van der Waals surface area contributed by atoms with E-state index in [0.717, 1.165) is 38.0 Å². The Labute approximate surface area is 146 Å². The maximum absolute atomic E-state index is 11.9. The van der Waals surface area contributed by atoms with Crippen molar-refractivity contribution in [1.29, 1.82) is 0 Å². The summed E-state index contributed by atoms with van der Waals surface area (Å²) in [6.07, 6.45) is 4.39. The van der Waals surface area contributed by atoms with Crippen molar-refractivity contribution >= 4 is 23.0 Å². The Morgan fingerprint density at radius 1 is 1.12 bits per heavy atom. The van der Waals surface area contributed by atoms with Crippen LogP contribution in [0.5, 0.6) is 0 Å². The van der Waals surface area contributed by atoms with Crippen LogP contribution < -0.4 is 9.80 Å². The smallest absolute Gasteiger partial charge is 0.351 e. The van der Waals surface area contributed by atoms with Gasteiger partial charge in [-0.3, -0.25) is 10.1 Å².